The van der Waals surface area contributed by atoms with Crippen LogP contribution < -0.4 is 9.62 Å². The molecule has 1 heterocycles. The third-order valence-corrected chi connectivity index (χ3v) is 6.39. The summed E-state index contributed by atoms with van der Waals surface area (Å²) in [6.07, 6.45) is 1.39. The molecular formula is C24H18F2N2O3S. The van der Waals surface area contributed by atoms with Gasteiger partial charge in [-0.15, -0.1) is 0 Å². The van der Waals surface area contributed by atoms with Crippen LogP contribution in [-0.4, -0.2) is 23.3 Å². The molecule has 8 heteroatoms. The van der Waals surface area contributed by atoms with E-state index in [4.69, 9.17) is 0 Å². The lowest BCUT2D eigenvalue weighted by atomic mass is 10.0. The molecule has 0 radical (unpaired) electrons. The van der Waals surface area contributed by atoms with Crippen molar-refractivity contribution < 1.29 is 22.9 Å². The molecule has 0 saturated carbocycles. The van der Waals surface area contributed by atoms with E-state index >= 15 is 0 Å². The Morgan fingerprint density at radius 2 is 1.81 bits per heavy atom. The normalized spacial score (nSPS) is 16.8. The lowest BCUT2D eigenvalue weighted by molar-refractivity contribution is 0.0951. The first-order valence-electron chi connectivity index (χ1n) is 9.68. The van der Waals surface area contributed by atoms with E-state index in [-0.39, 0.29) is 28.4 Å². The van der Waals surface area contributed by atoms with Gasteiger partial charge in [-0.1, -0.05) is 24.3 Å². The molecule has 1 N–H and O–H groups in total. The van der Waals surface area contributed by atoms with Crippen LogP contribution in [-0.2, 0) is 17.9 Å². The van der Waals surface area contributed by atoms with Crippen molar-refractivity contribution in [1.29, 1.82) is 0 Å². The van der Waals surface area contributed by atoms with Crippen LogP contribution in [0.4, 0.5) is 14.5 Å². The summed E-state index contributed by atoms with van der Waals surface area (Å²) in [5, 5.41) is 2.73. The van der Waals surface area contributed by atoms with Gasteiger partial charge in [0, 0.05) is 18.2 Å². The van der Waals surface area contributed by atoms with Gasteiger partial charge in [0.25, 0.3) is 5.91 Å². The van der Waals surface area contributed by atoms with Crippen molar-refractivity contribution in [1.82, 2.24) is 5.32 Å². The lowest BCUT2D eigenvalue weighted by Gasteiger charge is -2.29. The molecule has 4 rings (SSSR count). The number of carbonyl (C=O) groups excluding carboxylic acids is 2. The number of ketones is 1. The first-order valence-corrected chi connectivity index (χ1v) is 10.8. The Bertz CT molecular complexity index is 1230. The molecule has 162 valence electrons. The number of halogens is 2. The average molecular weight is 452 g/mol. The number of fused-ring (bicyclic) bond motifs is 1. The summed E-state index contributed by atoms with van der Waals surface area (Å²) in [5.41, 5.74) is 2.05. The molecule has 1 unspecified atom stereocenters. The van der Waals surface area contributed by atoms with Crippen molar-refractivity contribution in [2.45, 2.75) is 6.54 Å². The van der Waals surface area contributed by atoms with E-state index in [0.29, 0.717) is 11.3 Å². The fourth-order valence-corrected chi connectivity index (χ4v) is 4.47. The second-order valence-electron chi connectivity index (χ2n) is 7.18. The number of Topliss-reactive ketones (excluding diaryl/α,β-unsaturated/α-hetero) is 1. The first-order chi connectivity index (χ1) is 15.3. The monoisotopic (exact) mass is 452 g/mol. The topological polar surface area (TPSA) is 72.5 Å². The Morgan fingerprint density at radius 1 is 1.06 bits per heavy atom. The maximum absolute atomic E-state index is 13.5. The third-order valence-electron chi connectivity index (χ3n) is 5.02. The zero-order valence-corrected chi connectivity index (χ0v) is 17.8. The molecule has 3 aromatic rings. The highest BCUT2D eigenvalue weighted by atomic mass is 32.2. The van der Waals surface area contributed by atoms with E-state index < -0.39 is 28.9 Å². The molecule has 1 atom stereocenters. The summed E-state index contributed by atoms with van der Waals surface area (Å²) in [6, 6.07) is 15.9. The van der Waals surface area contributed by atoms with E-state index in [1.54, 1.807) is 37.4 Å². The smallest absolute Gasteiger partial charge is 0.251 e. The number of carbonyl (C=O) groups is 2. The number of allylic oxidation sites excluding steroid dienone is 1. The van der Waals surface area contributed by atoms with Crippen LogP contribution in [0.25, 0.3) is 6.08 Å². The molecule has 0 aromatic heterocycles. The molecule has 0 spiro atoms. The van der Waals surface area contributed by atoms with E-state index in [0.717, 1.165) is 5.56 Å². The van der Waals surface area contributed by atoms with Crippen LogP contribution in [0.2, 0.25) is 0 Å². The van der Waals surface area contributed by atoms with Gasteiger partial charge in [-0.25, -0.2) is 8.78 Å². The van der Waals surface area contributed by atoms with Crippen molar-refractivity contribution in [2.24, 2.45) is 0 Å². The minimum Gasteiger partial charge on any atom is -0.588 e. The van der Waals surface area contributed by atoms with Crippen LogP contribution in [0, 0.1) is 11.6 Å². The summed E-state index contributed by atoms with van der Waals surface area (Å²) >= 11 is -1.78. The molecule has 0 aliphatic carbocycles. The van der Waals surface area contributed by atoms with E-state index in [9.17, 15) is 22.9 Å². The van der Waals surface area contributed by atoms with Gasteiger partial charge in [-0.2, -0.15) is 4.31 Å². The van der Waals surface area contributed by atoms with E-state index in [2.05, 4.69) is 5.32 Å². The first kappa shape index (κ1) is 21.7. The van der Waals surface area contributed by atoms with Gasteiger partial charge in [0.15, 0.2) is 0 Å². The molecule has 32 heavy (non-hydrogen) atoms. The Hall–Kier alpha value is -3.49. The largest absolute Gasteiger partial charge is 0.588 e. The van der Waals surface area contributed by atoms with Crippen molar-refractivity contribution in [2.75, 3.05) is 11.4 Å². The predicted molar refractivity (Wildman–Crippen MR) is 119 cm³/mol. The van der Waals surface area contributed by atoms with Crippen molar-refractivity contribution >= 4 is 34.8 Å². The minimum atomic E-state index is -1.78. The Labute approximate surface area is 186 Å². The van der Waals surface area contributed by atoms with Gasteiger partial charge < -0.3 is 9.87 Å². The Balaban J connectivity index is 1.60. The molecule has 3 aromatic carbocycles. The van der Waals surface area contributed by atoms with Gasteiger partial charge in [-0.3, -0.25) is 9.59 Å². The van der Waals surface area contributed by atoms with Gasteiger partial charge in [0.1, 0.15) is 23.0 Å². The van der Waals surface area contributed by atoms with Crippen LogP contribution in [0.15, 0.2) is 71.6 Å². The van der Waals surface area contributed by atoms with Gasteiger partial charge in [0.05, 0.1) is 18.3 Å². The summed E-state index contributed by atoms with van der Waals surface area (Å²) in [7, 11) is 1.58. The van der Waals surface area contributed by atoms with Crippen molar-refractivity contribution in [3.8, 4) is 0 Å². The van der Waals surface area contributed by atoms with Crippen molar-refractivity contribution in [3.63, 3.8) is 0 Å². The zero-order chi connectivity index (χ0) is 22.8. The van der Waals surface area contributed by atoms with Crippen LogP contribution in [0.1, 0.15) is 31.8 Å². The van der Waals surface area contributed by atoms with Crippen LogP contribution >= 0.6 is 0 Å². The highest BCUT2D eigenvalue weighted by Gasteiger charge is 2.38. The van der Waals surface area contributed by atoms with Gasteiger partial charge in [-0.05, 0) is 53.6 Å². The van der Waals surface area contributed by atoms with Crippen LogP contribution in [0.3, 0.4) is 0 Å². The van der Waals surface area contributed by atoms with Crippen LogP contribution in [0.5, 0.6) is 0 Å². The highest BCUT2D eigenvalue weighted by molar-refractivity contribution is 7.97. The molecule has 0 saturated heterocycles. The predicted octanol–water partition coefficient (Wildman–Crippen LogP) is 4.23. The fourth-order valence-electron chi connectivity index (χ4n) is 3.33. The maximum Gasteiger partial charge on any atom is 0.251 e. The number of hydrogen-bond donors (Lipinski definition) is 1. The van der Waals surface area contributed by atoms with E-state index in [1.165, 1.54) is 46.8 Å². The summed E-state index contributed by atoms with van der Waals surface area (Å²) in [6.45, 7) is 0.193. The quantitative estimate of drug-likeness (QED) is 0.475. The molecule has 5 nitrogen and oxygen atoms in total. The van der Waals surface area contributed by atoms with E-state index in [1.807, 2.05) is 0 Å². The summed E-state index contributed by atoms with van der Waals surface area (Å²) in [5.74, 6) is -1.73. The molecule has 1 aliphatic heterocycles. The highest BCUT2D eigenvalue weighted by Crippen LogP contribution is 2.35. The van der Waals surface area contributed by atoms with Gasteiger partial charge >= 0.3 is 0 Å². The number of benzene rings is 3. The number of rotatable bonds is 4. The SMILES string of the molecule is CN1c2ccc(C(=O)NCc3ccc(F)cc3)cc2C(=O)/C(=C/c2cccc(F)c2)[S+]1[O-]. The standard InChI is InChI=1S/C24H18F2N2O3S/c1-28-21-10-7-17(24(30)27-14-15-5-8-18(25)9-6-15)13-20(21)23(29)22(32(28)31)12-16-3-2-4-19(26)11-16/h2-13H,14H2,1H3,(H,27,30)/b22-12-. The molecule has 1 aliphatic rings. The maximum atomic E-state index is 13.5. The minimum absolute atomic E-state index is 0.00512. The summed E-state index contributed by atoms with van der Waals surface area (Å²) in [4.78, 5) is 25.7. The lowest BCUT2D eigenvalue weighted by Crippen LogP contribution is -2.36. The number of hydrogen-bond acceptors (Lipinski definition) is 4. The Morgan fingerprint density at radius 3 is 2.53 bits per heavy atom. The number of amides is 1. The Kier molecular flexibility index (Phi) is 6.07. The third kappa shape index (κ3) is 4.42. The average Bonchev–Trinajstić information content (AvgIpc) is 2.79. The van der Waals surface area contributed by atoms with Gasteiger partial charge in [0.2, 0.25) is 10.7 Å². The summed E-state index contributed by atoms with van der Waals surface area (Å²) < 4.78 is 40.8. The molecule has 0 bridgehead atoms. The zero-order valence-electron chi connectivity index (χ0n) is 17.0. The second kappa shape index (κ2) is 8.94. The number of anilines is 1. The second-order valence-corrected chi connectivity index (χ2v) is 8.67. The fraction of sp³-hybridized carbons (Fsp3) is 0.0833. The number of nitrogens with zero attached hydrogens (tertiary/aromatic N) is 1. The molecular weight excluding hydrogens is 434 g/mol. The molecule has 0 fully saturated rings. The van der Waals surface area contributed by atoms with Crippen molar-refractivity contribution in [3.05, 3.63) is 106 Å². The number of nitrogens with one attached hydrogen (secondary N) is 1. The molecule has 1 amide bonds.